The minimum Gasteiger partial charge on any atom is -0.487 e. The quantitative estimate of drug-likeness (QED) is 0.162. The van der Waals surface area contributed by atoms with Crippen LogP contribution in [-0.4, -0.2) is 11.9 Å². The number of aryl methyl sites for hydroxylation is 1. The maximum absolute atomic E-state index is 13.1. The van der Waals surface area contributed by atoms with E-state index in [0.717, 1.165) is 38.7 Å². The molecule has 0 saturated carbocycles. The third-order valence-electron chi connectivity index (χ3n) is 4.65. The van der Waals surface area contributed by atoms with Gasteiger partial charge in [-0.15, -0.1) is 0 Å². The van der Waals surface area contributed by atoms with Crippen molar-refractivity contribution in [3.63, 3.8) is 0 Å². The van der Waals surface area contributed by atoms with Crippen LogP contribution >= 0.6 is 67.8 Å². The summed E-state index contributed by atoms with van der Waals surface area (Å²) >= 11 is 6.66. The SMILES string of the molecule is Cc1cc(C2=N/C(=C\c3cc(I)c(OCc4ccc(F)cc4)c(I)c3)C(=O)O2)ccc1I. The lowest BCUT2D eigenvalue weighted by Gasteiger charge is -2.11. The predicted molar refractivity (Wildman–Crippen MR) is 147 cm³/mol. The number of benzene rings is 3. The Morgan fingerprint density at radius 1 is 1.00 bits per heavy atom. The van der Waals surface area contributed by atoms with Crippen LogP contribution in [0.15, 0.2) is 65.3 Å². The van der Waals surface area contributed by atoms with Gasteiger partial charge in [0.05, 0.1) is 7.14 Å². The number of cyclic esters (lactones) is 1. The molecule has 1 aliphatic heterocycles. The van der Waals surface area contributed by atoms with E-state index in [0.29, 0.717) is 12.5 Å². The Morgan fingerprint density at radius 2 is 1.69 bits per heavy atom. The van der Waals surface area contributed by atoms with Gasteiger partial charge >= 0.3 is 5.97 Å². The van der Waals surface area contributed by atoms with E-state index in [1.807, 2.05) is 37.3 Å². The lowest BCUT2D eigenvalue weighted by atomic mass is 10.1. The molecule has 0 aliphatic carbocycles. The normalized spacial score (nSPS) is 14.5. The van der Waals surface area contributed by atoms with Crippen LogP contribution in [0, 0.1) is 23.5 Å². The van der Waals surface area contributed by atoms with Gasteiger partial charge in [-0.3, -0.25) is 0 Å². The zero-order chi connectivity index (χ0) is 22.8. The van der Waals surface area contributed by atoms with E-state index in [-0.39, 0.29) is 11.5 Å². The molecule has 4 nitrogen and oxygen atoms in total. The standard InChI is InChI=1S/C24H15FI3NO3/c1-13-8-16(4-7-18(13)26)23-29-21(24(30)32-23)11-15-9-19(27)22(20(28)10-15)31-12-14-2-5-17(25)6-3-14/h2-11H,12H2,1H3/b21-11-. The molecule has 1 aliphatic rings. The topological polar surface area (TPSA) is 47.9 Å². The summed E-state index contributed by atoms with van der Waals surface area (Å²) in [6, 6.07) is 15.9. The molecule has 32 heavy (non-hydrogen) atoms. The fourth-order valence-electron chi connectivity index (χ4n) is 3.01. The molecule has 4 rings (SSSR count). The number of aliphatic imine (C=N–C) groups is 1. The van der Waals surface area contributed by atoms with Gasteiger partial charge in [-0.25, -0.2) is 14.2 Å². The number of rotatable bonds is 5. The number of nitrogens with zero attached hydrogens (tertiary/aromatic N) is 1. The first kappa shape index (κ1) is 23.6. The van der Waals surface area contributed by atoms with Crippen molar-refractivity contribution in [1.29, 1.82) is 0 Å². The van der Waals surface area contributed by atoms with Gasteiger partial charge in [-0.05, 0) is 140 Å². The van der Waals surface area contributed by atoms with Crippen molar-refractivity contribution >= 4 is 85.7 Å². The number of hydrogen-bond donors (Lipinski definition) is 0. The van der Waals surface area contributed by atoms with Crippen molar-refractivity contribution in [2.75, 3.05) is 0 Å². The van der Waals surface area contributed by atoms with E-state index in [1.165, 1.54) is 12.1 Å². The summed E-state index contributed by atoms with van der Waals surface area (Å²) in [6.45, 7) is 2.34. The average molecular weight is 765 g/mol. The highest BCUT2D eigenvalue weighted by molar-refractivity contribution is 14.1. The maximum atomic E-state index is 13.1. The Morgan fingerprint density at radius 3 is 2.34 bits per heavy atom. The third kappa shape index (κ3) is 5.50. The molecule has 0 fully saturated rings. The molecule has 0 spiro atoms. The van der Waals surface area contributed by atoms with Crippen LogP contribution in [0.1, 0.15) is 22.3 Å². The molecule has 3 aromatic rings. The molecule has 0 atom stereocenters. The molecule has 0 radical (unpaired) electrons. The van der Waals surface area contributed by atoms with E-state index in [4.69, 9.17) is 9.47 Å². The largest absolute Gasteiger partial charge is 0.487 e. The molecule has 0 bridgehead atoms. The molecule has 1 heterocycles. The Labute approximate surface area is 225 Å². The molecule has 0 N–H and O–H groups in total. The predicted octanol–water partition coefficient (Wildman–Crippen LogP) is 6.87. The zero-order valence-electron chi connectivity index (χ0n) is 16.7. The number of carbonyl (C=O) groups excluding carboxylic acids is 1. The van der Waals surface area contributed by atoms with Crippen LogP contribution < -0.4 is 4.74 Å². The molecule has 8 heteroatoms. The first-order valence-corrected chi connectivity index (χ1v) is 12.7. The molecule has 0 saturated heterocycles. The Hall–Kier alpha value is -1.54. The Bertz CT molecular complexity index is 1250. The van der Waals surface area contributed by atoms with E-state index in [2.05, 4.69) is 72.8 Å². The zero-order valence-corrected chi connectivity index (χ0v) is 23.1. The van der Waals surface area contributed by atoms with Gasteiger partial charge in [0.15, 0.2) is 5.70 Å². The fraction of sp³-hybridized carbons (Fsp3) is 0.0833. The summed E-state index contributed by atoms with van der Waals surface area (Å²) in [5, 5.41) is 0. The van der Waals surface area contributed by atoms with Crippen LogP contribution in [0.2, 0.25) is 0 Å². The smallest absolute Gasteiger partial charge is 0.363 e. The molecule has 0 unspecified atom stereocenters. The first-order valence-electron chi connectivity index (χ1n) is 9.45. The van der Waals surface area contributed by atoms with Gasteiger partial charge in [-0.2, -0.15) is 0 Å². The van der Waals surface area contributed by atoms with Crippen LogP contribution in [0.3, 0.4) is 0 Å². The van der Waals surface area contributed by atoms with E-state index >= 15 is 0 Å². The van der Waals surface area contributed by atoms with Crippen LogP contribution in [0.4, 0.5) is 4.39 Å². The van der Waals surface area contributed by atoms with E-state index in [1.54, 1.807) is 18.2 Å². The van der Waals surface area contributed by atoms with Gasteiger partial charge < -0.3 is 9.47 Å². The lowest BCUT2D eigenvalue weighted by molar-refractivity contribution is -0.129. The number of hydrogen-bond acceptors (Lipinski definition) is 4. The van der Waals surface area contributed by atoms with Crippen LogP contribution in [-0.2, 0) is 16.1 Å². The summed E-state index contributed by atoms with van der Waals surface area (Å²) in [4.78, 5) is 16.8. The summed E-state index contributed by atoms with van der Waals surface area (Å²) in [6.07, 6.45) is 1.71. The van der Waals surface area contributed by atoms with Crippen molar-refractivity contribution in [2.24, 2.45) is 4.99 Å². The van der Waals surface area contributed by atoms with Gasteiger partial charge in [-0.1, -0.05) is 12.1 Å². The minimum absolute atomic E-state index is 0.253. The van der Waals surface area contributed by atoms with Crippen molar-refractivity contribution in [3.05, 3.63) is 99.1 Å². The molecule has 162 valence electrons. The van der Waals surface area contributed by atoms with Gasteiger partial charge in [0.25, 0.3) is 0 Å². The number of ether oxygens (including phenoxy) is 2. The van der Waals surface area contributed by atoms with Crippen molar-refractivity contribution in [2.45, 2.75) is 13.5 Å². The number of halogens is 4. The second-order valence-corrected chi connectivity index (χ2v) is 10.5. The van der Waals surface area contributed by atoms with E-state index in [9.17, 15) is 9.18 Å². The molecular formula is C24H15FI3NO3. The summed E-state index contributed by atoms with van der Waals surface area (Å²) in [7, 11) is 0. The molecule has 0 amide bonds. The second kappa shape index (κ2) is 10.2. The fourth-order valence-corrected chi connectivity index (χ4v) is 5.47. The van der Waals surface area contributed by atoms with Gasteiger partial charge in [0.2, 0.25) is 5.90 Å². The summed E-state index contributed by atoms with van der Waals surface area (Å²) < 4.78 is 27.4. The summed E-state index contributed by atoms with van der Waals surface area (Å²) in [5.74, 6) is 0.302. The van der Waals surface area contributed by atoms with Crippen LogP contribution in [0.5, 0.6) is 5.75 Å². The number of carbonyl (C=O) groups is 1. The maximum Gasteiger partial charge on any atom is 0.363 e. The van der Waals surface area contributed by atoms with Crippen molar-refractivity contribution in [1.82, 2.24) is 0 Å². The number of esters is 1. The third-order valence-corrected chi connectivity index (χ3v) is 7.46. The summed E-state index contributed by atoms with van der Waals surface area (Å²) in [5.41, 5.74) is 3.82. The lowest BCUT2D eigenvalue weighted by Crippen LogP contribution is -2.05. The Kier molecular flexibility index (Phi) is 7.50. The van der Waals surface area contributed by atoms with Crippen molar-refractivity contribution in [3.8, 4) is 5.75 Å². The highest BCUT2D eigenvalue weighted by atomic mass is 127. The molecular weight excluding hydrogens is 750 g/mol. The second-order valence-electron chi connectivity index (χ2n) is 7.03. The van der Waals surface area contributed by atoms with Gasteiger partial charge in [0.1, 0.15) is 18.2 Å². The molecule has 3 aromatic carbocycles. The van der Waals surface area contributed by atoms with E-state index < -0.39 is 5.97 Å². The average Bonchev–Trinajstić information content (AvgIpc) is 3.11. The molecule has 0 aromatic heterocycles. The minimum atomic E-state index is -0.474. The Balaban J connectivity index is 1.55. The monoisotopic (exact) mass is 765 g/mol. The highest BCUT2D eigenvalue weighted by Gasteiger charge is 2.24. The van der Waals surface area contributed by atoms with Crippen molar-refractivity contribution < 1.29 is 18.7 Å². The highest BCUT2D eigenvalue weighted by Crippen LogP contribution is 2.31. The van der Waals surface area contributed by atoms with Gasteiger partial charge in [0, 0.05) is 9.13 Å². The van der Waals surface area contributed by atoms with Crippen LogP contribution in [0.25, 0.3) is 6.08 Å². The first-order chi connectivity index (χ1) is 15.3.